The van der Waals surface area contributed by atoms with Crippen molar-refractivity contribution in [2.24, 2.45) is 5.10 Å². The van der Waals surface area contributed by atoms with Crippen molar-refractivity contribution in [2.75, 3.05) is 6.54 Å². The van der Waals surface area contributed by atoms with Gasteiger partial charge in [0, 0.05) is 5.56 Å². The summed E-state index contributed by atoms with van der Waals surface area (Å²) in [6, 6.07) is 16.8. The van der Waals surface area contributed by atoms with E-state index in [0.29, 0.717) is 0 Å². The molecule has 0 aliphatic heterocycles. The van der Waals surface area contributed by atoms with E-state index in [-0.39, 0.29) is 0 Å². The van der Waals surface area contributed by atoms with Crippen molar-refractivity contribution in [3.8, 4) is 0 Å². The van der Waals surface area contributed by atoms with Gasteiger partial charge < -0.3 is 0 Å². The summed E-state index contributed by atoms with van der Waals surface area (Å²) >= 11 is 0. The lowest BCUT2D eigenvalue weighted by molar-refractivity contribution is -0.524. The molecule has 0 unspecified atom stereocenters. The lowest BCUT2D eigenvalue weighted by atomic mass is 10.2. The Hall–Kier alpha value is -2.22. The van der Waals surface area contributed by atoms with Crippen LogP contribution in [0.3, 0.4) is 0 Å². The highest BCUT2D eigenvalue weighted by Crippen LogP contribution is 2.02. The van der Waals surface area contributed by atoms with E-state index in [1.54, 1.807) is 0 Å². The topological polar surface area (TPSA) is 15.4 Å². The Bertz CT molecular complexity index is 605. The van der Waals surface area contributed by atoms with E-state index in [9.17, 15) is 0 Å². The van der Waals surface area contributed by atoms with E-state index < -0.39 is 0 Å². The molecule has 0 spiro atoms. The van der Waals surface area contributed by atoms with Gasteiger partial charge in [-0.25, -0.2) is 0 Å². The van der Waals surface area contributed by atoms with Crippen molar-refractivity contribution in [3.05, 3.63) is 70.8 Å². The first-order valence-corrected chi connectivity index (χ1v) is 6.96. The van der Waals surface area contributed by atoms with Gasteiger partial charge in [0.25, 0.3) is 0 Å². The third-order valence-electron chi connectivity index (χ3n) is 3.13. The molecular formula is C18H21N2+. The molecule has 20 heavy (non-hydrogen) atoms. The molecule has 0 fully saturated rings. The van der Waals surface area contributed by atoms with Crippen LogP contribution in [0.1, 0.15) is 29.2 Å². The number of hydrogen-bond acceptors (Lipinski definition) is 1. The van der Waals surface area contributed by atoms with Crippen LogP contribution in [0.25, 0.3) is 0 Å². The molecule has 0 saturated carbocycles. The molecule has 2 heteroatoms. The van der Waals surface area contributed by atoms with Gasteiger partial charge in [-0.15, -0.1) is 0 Å². The summed E-state index contributed by atoms with van der Waals surface area (Å²) in [5.41, 5.74) is 4.82. The monoisotopic (exact) mass is 265 g/mol. The maximum Gasteiger partial charge on any atom is 0.203 e. The van der Waals surface area contributed by atoms with Gasteiger partial charge in [-0.2, -0.15) is 0 Å². The smallest absolute Gasteiger partial charge is 0.0909 e. The van der Waals surface area contributed by atoms with Gasteiger partial charge in [0.15, 0.2) is 6.54 Å². The minimum atomic E-state index is 0.843. The molecule has 102 valence electrons. The van der Waals surface area contributed by atoms with Gasteiger partial charge in [-0.1, -0.05) is 52.2 Å². The molecule has 0 amide bonds. The maximum absolute atomic E-state index is 4.51. The van der Waals surface area contributed by atoms with Gasteiger partial charge in [0.1, 0.15) is 6.21 Å². The van der Waals surface area contributed by atoms with E-state index in [4.69, 9.17) is 0 Å². The lowest BCUT2D eigenvalue weighted by Crippen LogP contribution is -2.06. The second kappa shape index (κ2) is 6.80. The Kier molecular flexibility index (Phi) is 4.83. The number of hydrogen-bond donors (Lipinski definition) is 0. The number of rotatable bonds is 4. The fraction of sp³-hybridized carbons (Fsp3) is 0.222. The SMILES string of the molecule is CC[N+](=C\c1ccc(C)cc1)/N=C/c1ccc(C)cc1. The van der Waals surface area contributed by atoms with E-state index in [1.165, 1.54) is 16.7 Å². The zero-order valence-corrected chi connectivity index (χ0v) is 12.4. The fourth-order valence-corrected chi connectivity index (χ4v) is 1.82. The minimum Gasteiger partial charge on any atom is -0.0909 e. The predicted octanol–water partition coefficient (Wildman–Crippen LogP) is 3.79. The van der Waals surface area contributed by atoms with Crippen LogP contribution in [0.4, 0.5) is 0 Å². The average Bonchev–Trinajstić information content (AvgIpc) is 2.47. The van der Waals surface area contributed by atoms with Crippen molar-refractivity contribution in [2.45, 2.75) is 20.8 Å². The largest absolute Gasteiger partial charge is 0.203 e. The summed E-state index contributed by atoms with van der Waals surface area (Å²) in [5, 5.41) is 4.51. The maximum atomic E-state index is 4.51. The number of nitrogens with zero attached hydrogens (tertiary/aromatic N) is 2. The second-order valence-corrected chi connectivity index (χ2v) is 4.95. The molecule has 0 saturated heterocycles. The van der Waals surface area contributed by atoms with Crippen LogP contribution in [0.15, 0.2) is 53.6 Å². The van der Waals surface area contributed by atoms with E-state index in [2.05, 4.69) is 80.6 Å². The van der Waals surface area contributed by atoms with E-state index in [1.807, 2.05) is 10.9 Å². The Labute approximate surface area is 121 Å². The molecule has 0 radical (unpaired) electrons. The Morgan fingerprint density at radius 2 is 1.35 bits per heavy atom. The first-order valence-electron chi connectivity index (χ1n) is 6.96. The van der Waals surface area contributed by atoms with Crippen LogP contribution >= 0.6 is 0 Å². The highest BCUT2D eigenvalue weighted by atomic mass is 15.4. The summed E-state index contributed by atoms with van der Waals surface area (Å²) in [7, 11) is 0. The molecule has 2 aromatic carbocycles. The molecule has 2 rings (SSSR count). The van der Waals surface area contributed by atoms with Crippen LogP contribution in [0.2, 0.25) is 0 Å². The van der Waals surface area contributed by atoms with E-state index >= 15 is 0 Å². The standard InChI is InChI=1S/C18H21N2/c1-4-20(14-18-11-7-16(3)8-12-18)19-13-17-9-5-15(2)6-10-17/h5-14H,4H2,1-3H3/q+1/b19-13+,20-14+. The molecule has 0 aliphatic carbocycles. The lowest BCUT2D eigenvalue weighted by Gasteiger charge is -1.95. The van der Waals surface area contributed by atoms with Gasteiger partial charge in [-0.05, 0) is 43.6 Å². The summed E-state index contributed by atoms with van der Waals surface area (Å²) in [5.74, 6) is 0. The molecule has 0 atom stereocenters. The second-order valence-electron chi connectivity index (χ2n) is 4.95. The van der Waals surface area contributed by atoms with Crippen LogP contribution < -0.4 is 0 Å². The van der Waals surface area contributed by atoms with Gasteiger partial charge in [0.2, 0.25) is 6.21 Å². The molecule has 2 aromatic rings. The van der Waals surface area contributed by atoms with Crippen LogP contribution in [-0.4, -0.2) is 23.7 Å². The zero-order chi connectivity index (χ0) is 14.4. The Morgan fingerprint density at radius 1 is 0.850 bits per heavy atom. The zero-order valence-electron chi connectivity index (χ0n) is 12.4. The first kappa shape index (κ1) is 14.2. The Balaban J connectivity index is 2.15. The number of benzene rings is 2. The minimum absolute atomic E-state index is 0.843. The summed E-state index contributed by atoms with van der Waals surface area (Å²) in [6.07, 6.45) is 3.96. The average molecular weight is 265 g/mol. The van der Waals surface area contributed by atoms with Crippen molar-refractivity contribution < 1.29 is 4.68 Å². The highest BCUT2D eigenvalue weighted by Gasteiger charge is 1.99. The molecule has 2 nitrogen and oxygen atoms in total. The number of aryl methyl sites for hydroxylation is 2. The molecule has 0 N–H and O–H groups in total. The van der Waals surface area contributed by atoms with E-state index in [0.717, 1.165) is 12.1 Å². The summed E-state index contributed by atoms with van der Waals surface area (Å²) in [4.78, 5) is 0. The Morgan fingerprint density at radius 3 is 1.85 bits per heavy atom. The molecule has 0 heterocycles. The van der Waals surface area contributed by atoms with Crippen molar-refractivity contribution in [1.29, 1.82) is 0 Å². The fourth-order valence-electron chi connectivity index (χ4n) is 1.82. The quantitative estimate of drug-likeness (QED) is 0.454. The van der Waals surface area contributed by atoms with Gasteiger partial charge in [-0.3, -0.25) is 0 Å². The molecule has 0 bridgehead atoms. The van der Waals surface area contributed by atoms with Crippen molar-refractivity contribution in [1.82, 2.24) is 0 Å². The number of hydrazone groups is 1. The summed E-state index contributed by atoms with van der Waals surface area (Å²) < 4.78 is 1.95. The normalized spacial score (nSPS) is 12.1. The van der Waals surface area contributed by atoms with Crippen LogP contribution in [0.5, 0.6) is 0 Å². The molecule has 0 aromatic heterocycles. The predicted molar refractivity (Wildman–Crippen MR) is 85.9 cm³/mol. The molecular weight excluding hydrogens is 244 g/mol. The van der Waals surface area contributed by atoms with Crippen LogP contribution in [-0.2, 0) is 0 Å². The first-order chi connectivity index (χ1) is 9.67. The molecule has 0 aliphatic rings. The van der Waals surface area contributed by atoms with Crippen molar-refractivity contribution >= 4 is 12.4 Å². The van der Waals surface area contributed by atoms with Crippen molar-refractivity contribution in [3.63, 3.8) is 0 Å². The van der Waals surface area contributed by atoms with Gasteiger partial charge in [0.05, 0.1) is 0 Å². The summed E-state index contributed by atoms with van der Waals surface area (Å²) in [6.45, 7) is 7.12. The highest BCUT2D eigenvalue weighted by molar-refractivity contribution is 5.80. The van der Waals surface area contributed by atoms with Crippen LogP contribution in [0, 0.1) is 13.8 Å². The third-order valence-corrected chi connectivity index (χ3v) is 3.13. The third kappa shape index (κ3) is 4.16. The van der Waals surface area contributed by atoms with Gasteiger partial charge >= 0.3 is 0 Å².